The standard InChI is InChI=1S/C16H21NOS/c1-5-15(11-10-13(2)3)12-17-19(18)16-9-7-6-8-14(16)4/h5-9,11-13H,1,10H2,2-4H3/b15-11+,17-12?. The molecule has 0 saturated heterocycles. The van der Waals surface area contributed by atoms with Gasteiger partial charge in [-0.2, -0.15) is 0 Å². The van der Waals surface area contributed by atoms with Crippen molar-refractivity contribution in [2.45, 2.75) is 32.1 Å². The maximum Gasteiger partial charge on any atom is 0.185 e. The molecule has 1 aromatic rings. The van der Waals surface area contributed by atoms with Crippen LogP contribution in [0.4, 0.5) is 0 Å². The van der Waals surface area contributed by atoms with Crippen LogP contribution in [0.25, 0.3) is 0 Å². The molecule has 102 valence electrons. The van der Waals surface area contributed by atoms with Crippen LogP contribution in [0.3, 0.4) is 0 Å². The molecular formula is C16H21NOS. The lowest BCUT2D eigenvalue weighted by Gasteiger charge is -2.05. The topological polar surface area (TPSA) is 35.4 Å². The van der Waals surface area contributed by atoms with Crippen LogP contribution in [0, 0.1) is 12.8 Å². The van der Waals surface area contributed by atoms with E-state index in [0.717, 1.165) is 22.5 Å². The van der Waals surface area contributed by atoms with Crippen molar-refractivity contribution in [1.82, 2.24) is 0 Å². The number of benzene rings is 1. The molecule has 0 aliphatic heterocycles. The molecule has 0 bridgehead atoms. The maximum atomic E-state index is 12.1. The van der Waals surface area contributed by atoms with E-state index in [0.29, 0.717) is 5.92 Å². The Balaban J connectivity index is 2.77. The van der Waals surface area contributed by atoms with Crippen LogP contribution in [-0.4, -0.2) is 10.8 Å². The van der Waals surface area contributed by atoms with Crippen molar-refractivity contribution >= 4 is 17.6 Å². The second-order valence-corrected chi connectivity index (χ2v) is 5.94. The highest BCUT2D eigenvalue weighted by Crippen LogP contribution is 2.16. The fourth-order valence-corrected chi connectivity index (χ4v) is 2.35. The first-order valence-corrected chi connectivity index (χ1v) is 7.49. The van der Waals surface area contributed by atoms with Gasteiger partial charge in [0.25, 0.3) is 0 Å². The number of nitrogens with zero attached hydrogens (tertiary/aromatic N) is 1. The Labute approximate surface area is 119 Å². The summed E-state index contributed by atoms with van der Waals surface area (Å²) >= 11 is -1.35. The first-order valence-electron chi connectivity index (χ1n) is 6.38. The molecule has 1 atom stereocenters. The average Bonchev–Trinajstić information content (AvgIpc) is 2.39. The third-order valence-electron chi connectivity index (χ3n) is 2.64. The predicted molar refractivity (Wildman–Crippen MR) is 83.8 cm³/mol. The molecule has 0 aromatic heterocycles. The van der Waals surface area contributed by atoms with E-state index >= 15 is 0 Å². The van der Waals surface area contributed by atoms with Gasteiger partial charge >= 0.3 is 0 Å². The van der Waals surface area contributed by atoms with Crippen molar-refractivity contribution in [2.75, 3.05) is 0 Å². The van der Waals surface area contributed by atoms with Crippen molar-refractivity contribution in [3.63, 3.8) is 0 Å². The molecule has 1 aromatic carbocycles. The van der Waals surface area contributed by atoms with Gasteiger partial charge in [-0.25, -0.2) is 0 Å². The lowest BCUT2D eigenvalue weighted by Crippen LogP contribution is -2.00. The molecule has 2 nitrogen and oxygen atoms in total. The zero-order valence-corrected chi connectivity index (χ0v) is 12.6. The van der Waals surface area contributed by atoms with Gasteiger partial charge in [-0.3, -0.25) is 0 Å². The highest BCUT2D eigenvalue weighted by molar-refractivity contribution is 7.90. The van der Waals surface area contributed by atoms with Crippen LogP contribution in [0.2, 0.25) is 0 Å². The minimum absolute atomic E-state index is 0.588. The summed E-state index contributed by atoms with van der Waals surface area (Å²) in [5, 5.41) is 0. The van der Waals surface area contributed by atoms with Crippen molar-refractivity contribution in [3.8, 4) is 0 Å². The number of hydrogen-bond donors (Lipinski definition) is 0. The van der Waals surface area contributed by atoms with Crippen LogP contribution < -0.4 is 0 Å². The van der Waals surface area contributed by atoms with Crippen LogP contribution in [0.5, 0.6) is 0 Å². The largest absolute Gasteiger partial charge is 0.586 e. The van der Waals surface area contributed by atoms with Crippen molar-refractivity contribution in [2.24, 2.45) is 10.3 Å². The minimum atomic E-state index is -1.35. The van der Waals surface area contributed by atoms with Gasteiger partial charge in [0.1, 0.15) is 11.4 Å². The van der Waals surface area contributed by atoms with E-state index in [1.54, 1.807) is 12.3 Å². The molecule has 19 heavy (non-hydrogen) atoms. The van der Waals surface area contributed by atoms with Crippen LogP contribution in [0.15, 0.2) is 57.9 Å². The second-order valence-electron chi connectivity index (χ2n) is 4.79. The van der Waals surface area contributed by atoms with E-state index < -0.39 is 11.4 Å². The third-order valence-corrected chi connectivity index (χ3v) is 3.77. The summed E-state index contributed by atoms with van der Waals surface area (Å²) in [6, 6.07) is 7.58. The van der Waals surface area contributed by atoms with E-state index in [-0.39, 0.29) is 0 Å². The minimum Gasteiger partial charge on any atom is -0.586 e. The van der Waals surface area contributed by atoms with Crippen molar-refractivity contribution in [1.29, 1.82) is 0 Å². The maximum absolute atomic E-state index is 12.1. The summed E-state index contributed by atoms with van der Waals surface area (Å²) in [5.41, 5.74) is 1.90. The summed E-state index contributed by atoms with van der Waals surface area (Å²) in [5.74, 6) is 0.588. The Bertz CT molecular complexity index is 477. The lowest BCUT2D eigenvalue weighted by atomic mass is 10.1. The molecule has 3 heteroatoms. The Morgan fingerprint density at radius 1 is 1.42 bits per heavy atom. The fourth-order valence-electron chi connectivity index (χ4n) is 1.48. The van der Waals surface area contributed by atoms with Gasteiger partial charge in [0.05, 0.1) is 6.21 Å². The Kier molecular flexibility index (Phi) is 6.60. The van der Waals surface area contributed by atoms with Crippen LogP contribution >= 0.6 is 0 Å². The molecule has 0 saturated carbocycles. The van der Waals surface area contributed by atoms with Gasteiger partial charge in [0, 0.05) is 5.56 Å². The summed E-state index contributed by atoms with van der Waals surface area (Å²) < 4.78 is 16.2. The van der Waals surface area contributed by atoms with Gasteiger partial charge in [-0.1, -0.05) is 55.2 Å². The van der Waals surface area contributed by atoms with Crippen molar-refractivity contribution in [3.05, 3.63) is 54.1 Å². The number of hydrogen-bond acceptors (Lipinski definition) is 2. The molecule has 0 N–H and O–H groups in total. The molecule has 0 spiro atoms. The predicted octanol–water partition coefficient (Wildman–Crippen LogP) is 4.25. The van der Waals surface area contributed by atoms with Gasteiger partial charge in [-0.05, 0) is 30.9 Å². The van der Waals surface area contributed by atoms with E-state index in [1.807, 2.05) is 31.2 Å². The molecule has 0 heterocycles. The fraction of sp³-hybridized carbons (Fsp3) is 0.312. The number of aryl methyl sites for hydroxylation is 1. The first-order chi connectivity index (χ1) is 9.04. The first kappa shape index (κ1) is 15.7. The Morgan fingerprint density at radius 2 is 2.11 bits per heavy atom. The Hall–Kier alpha value is -1.32. The van der Waals surface area contributed by atoms with Gasteiger partial charge in [-0.15, -0.1) is 0 Å². The molecule has 0 aliphatic carbocycles. The second kappa shape index (κ2) is 7.97. The molecule has 0 radical (unpaired) electrons. The van der Waals surface area contributed by atoms with Crippen LogP contribution in [0.1, 0.15) is 25.8 Å². The van der Waals surface area contributed by atoms with E-state index in [4.69, 9.17) is 0 Å². The van der Waals surface area contributed by atoms with Gasteiger partial charge < -0.3 is 4.55 Å². The number of allylic oxidation sites excluding steroid dienone is 3. The van der Waals surface area contributed by atoms with Gasteiger partial charge in [0.15, 0.2) is 4.90 Å². The summed E-state index contributed by atoms with van der Waals surface area (Å²) in [6.07, 6.45) is 6.40. The third kappa shape index (κ3) is 5.45. The SMILES string of the molecule is C=C/C(C=N[S+]([O-])c1ccccc1C)=C\CC(C)C. The van der Waals surface area contributed by atoms with Crippen LogP contribution in [-0.2, 0) is 11.4 Å². The molecule has 1 unspecified atom stereocenters. The summed E-state index contributed by atoms with van der Waals surface area (Å²) in [6.45, 7) is 9.99. The van der Waals surface area contributed by atoms with E-state index in [1.165, 1.54) is 0 Å². The molecule has 0 amide bonds. The molecule has 0 aliphatic rings. The normalized spacial score (nSPS) is 14.1. The zero-order chi connectivity index (χ0) is 14.3. The summed E-state index contributed by atoms with van der Waals surface area (Å²) in [4.78, 5) is 0.756. The highest BCUT2D eigenvalue weighted by atomic mass is 32.2. The smallest absolute Gasteiger partial charge is 0.185 e. The quantitative estimate of drug-likeness (QED) is 0.434. The monoisotopic (exact) mass is 275 g/mol. The molecule has 0 fully saturated rings. The van der Waals surface area contributed by atoms with Crippen molar-refractivity contribution < 1.29 is 4.55 Å². The summed E-state index contributed by atoms with van der Waals surface area (Å²) in [7, 11) is 0. The van der Waals surface area contributed by atoms with Gasteiger partial charge in [0.2, 0.25) is 0 Å². The highest BCUT2D eigenvalue weighted by Gasteiger charge is 2.11. The zero-order valence-electron chi connectivity index (χ0n) is 11.8. The Morgan fingerprint density at radius 3 is 2.68 bits per heavy atom. The molecular weight excluding hydrogens is 254 g/mol. The number of rotatable bonds is 6. The lowest BCUT2D eigenvalue weighted by molar-refractivity contribution is 0.596. The van der Waals surface area contributed by atoms with E-state index in [2.05, 4.69) is 30.9 Å². The molecule has 1 rings (SSSR count). The van der Waals surface area contributed by atoms with E-state index in [9.17, 15) is 4.55 Å². The average molecular weight is 275 g/mol.